The van der Waals surface area contributed by atoms with E-state index in [-0.39, 0.29) is 21.6 Å². The fourth-order valence-electron chi connectivity index (χ4n) is 1.26. The summed E-state index contributed by atoms with van der Waals surface area (Å²) >= 11 is 11.8. The molecule has 0 bridgehead atoms. The highest BCUT2D eigenvalue weighted by atomic mass is 35.5. The molecule has 9 heteroatoms. The molecule has 1 aromatic carbocycles. The van der Waals surface area contributed by atoms with Gasteiger partial charge in [0.15, 0.2) is 5.82 Å². The summed E-state index contributed by atoms with van der Waals surface area (Å²) in [5, 5.41) is 18.0. The summed E-state index contributed by atoms with van der Waals surface area (Å²) in [5.41, 5.74) is 5.50. The minimum atomic E-state index is -0.586. The molecule has 0 saturated carbocycles. The van der Waals surface area contributed by atoms with E-state index in [1.54, 1.807) is 0 Å². The topological polar surface area (TPSA) is 99.9 Å². The average molecular weight is 274 g/mol. The molecule has 88 valence electrons. The normalized spacial score (nSPS) is 10.5. The summed E-state index contributed by atoms with van der Waals surface area (Å²) < 4.78 is 1.25. The van der Waals surface area contributed by atoms with Gasteiger partial charge >= 0.3 is 0 Å². The van der Waals surface area contributed by atoms with E-state index in [2.05, 4.69) is 10.3 Å². The van der Waals surface area contributed by atoms with Gasteiger partial charge in [-0.2, -0.15) is 0 Å². The van der Waals surface area contributed by atoms with Gasteiger partial charge in [-0.3, -0.25) is 10.1 Å². The molecule has 0 aliphatic rings. The van der Waals surface area contributed by atoms with Crippen molar-refractivity contribution in [3.05, 3.63) is 38.5 Å². The maximum absolute atomic E-state index is 10.6. The molecule has 7 nitrogen and oxygen atoms in total. The van der Waals surface area contributed by atoms with Crippen molar-refractivity contribution >= 4 is 34.7 Å². The van der Waals surface area contributed by atoms with E-state index in [0.29, 0.717) is 5.69 Å². The third-order valence-corrected chi connectivity index (χ3v) is 2.53. The van der Waals surface area contributed by atoms with Crippen molar-refractivity contribution < 1.29 is 4.92 Å². The third-order valence-electron chi connectivity index (χ3n) is 1.95. The Kier molecular flexibility index (Phi) is 2.86. The first-order valence-corrected chi connectivity index (χ1v) is 5.06. The van der Waals surface area contributed by atoms with Crippen LogP contribution in [0.2, 0.25) is 10.0 Å². The first-order chi connectivity index (χ1) is 7.99. The largest absolute Gasteiger partial charge is 0.381 e. The predicted octanol–water partition coefficient (Wildman–Crippen LogP) is 2.06. The smallest absolute Gasteiger partial charge is 0.272 e. The molecule has 0 spiro atoms. The second-order valence-electron chi connectivity index (χ2n) is 3.10. The molecule has 1 heterocycles. The van der Waals surface area contributed by atoms with E-state index in [4.69, 9.17) is 28.9 Å². The van der Waals surface area contributed by atoms with Crippen LogP contribution in [-0.2, 0) is 0 Å². The molecule has 17 heavy (non-hydrogen) atoms. The van der Waals surface area contributed by atoms with Crippen molar-refractivity contribution in [3.8, 4) is 5.69 Å². The van der Waals surface area contributed by atoms with Gasteiger partial charge in [-0.15, -0.1) is 5.10 Å². The van der Waals surface area contributed by atoms with E-state index in [9.17, 15) is 10.1 Å². The Morgan fingerprint density at radius 3 is 2.35 bits per heavy atom. The molecule has 0 unspecified atom stereocenters. The van der Waals surface area contributed by atoms with Crippen LogP contribution in [0, 0.1) is 10.1 Å². The Balaban J connectivity index is 2.60. The summed E-state index contributed by atoms with van der Waals surface area (Å²) in [6.45, 7) is 0. The Labute approximate surface area is 105 Å². The lowest BCUT2D eigenvalue weighted by Crippen LogP contribution is -1.99. The number of aromatic nitrogens is 3. The Hall–Kier alpha value is -1.86. The average Bonchev–Trinajstić information content (AvgIpc) is 2.63. The lowest BCUT2D eigenvalue weighted by Gasteiger charge is -2.05. The number of non-ortho nitro benzene ring substituents is 1. The Bertz CT molecular complexity index is 574. The van der Waals surface area contributed by atoms with Crippen LogP contribution in [0.1, 0.15) is 0 Å². The molecule has 0 amide bonds. The molecule has 1 aromatic heterocycles. The van der Waals surface area contributed by atoms with Crippen LogP contribution in [0.15, 0.2) is 18.3 Å². The number of anilines is 1. The van der Waals surface area contributed by atoms with Gasteiger partial charge in [-0.1, -0.05) is 28.4 Å². The van der Waals surface area contributed by atoms with E-state index in [1.165, 1.54) is 23.0 Å². The Morgan fingerprint density at radius 2 is 1.94 bits per heavy atom. The van der Waals surface area contributed by atoms with Gasteiger partial charge < -0.3 is 5.73 Å². The van der Waals surface area contributed by atoms with E-state index in [1.807, 2.05) is 0 Å². The van der Waals surface area contributed by atoms with Gasteiger partial charge in [-0.25, -0.2) is 4.68 Å². The van der Waals surface area contributed by atoms with Crippen LogP contribution >= 0.6 is 23.2 Å². The summed E-state index contributed by atoms with van der Waals surface area (Å²) in [5.74, 6) is 0.190. The molecule has 0 atom stereocenters. The van der Waals surface area contributed by atoms with Crippen LogP contribution in [0.3, 0.4) is 0 Å². The van der Waals surface area contributed by atoms with Crippen LogP contribution in [0.5, 0.6) is 0 Å². The zero-order valence-electron chi connectivity index (χ0n) is 8.17. The predicted molar refractivity (Wildman–Crippen MR) is 62.4 cm³/mol. The van der Waals surface area contributed by atoms with Gasteiger partial charge in [0.25, 0.3) is 5.69 Å². The number of hydrogen-bond acceptors (Lipinski definition) is 5. The van der Waals surface area contributed by atoms with Gasteiger partial charge in [0.1, 0.15) is 5.69 Å². The zero-order chi connectivity index (χ0) is 12.6. The van der Waals surface area contributed by atoms with Crippen LogP contribution in [0.4, 0.5) is 11.5 Å². The van der Waals surface area contributed by atoms with E-state index in [0.717, 1.165) is 0 Å². The van der Waals surface area contributed by atoms with Gasteiger partial charge in [0.05, 0.1) is 21.2 Å². The number of nitrogens with two attached hydrogens (primary N) is 1. The quantitative estimate of drug-likeness (QED) is 0.667. The highest BCUT2D eigenvalue weighted by Gasteiger charge is 2.16. The molecule has 0 aliphatic heterocycles. The molecular weight excluding hydrogens is 269 g/mol. The number of nitrogens with zero attached hydrogens (tertiary/aromatic N) is 4. The molecule has 2 rings (SSSR count). The molecule has 2 N–H and O–H groups in total. The van der Waals surface area contributed by atoms with Gasteiger partial charge in [-0.05, 0) is 0 Å². The van der Waals surface area contributed by atoms with Crippen LogP contribution < -0.4 is 5.73 Å². The maximum Gasteiger partial charge on any atom is 0.272 e. The zero-order valence-corrected chi connectivity index (χ0v) is 9.68. The number of rotatable bonds is 2. The number of nitro groups is 1. The lowest BCUT2D eigenvalue weighted by atomic mass is 10.3. The van der Waals surface area contributed by atoms with Crippen molar-refractivity contribution in [3.63, 3.8) is 0 Å². The highest BCUT2D eigenvalue weighted by molar-refractivity contribution is 6.38. The van der Waals surface area contributed by atoms with Crippen molar-refractivity contribution in [2.75, 3.05) is 5.73 Å². The third kappa shape index (κ3) is 2.15. The second-order valence-corrected chi connectivity index (χ2v) is 3.92. The number of benzene rings is 1. The number of nitrogen functional groups attached to an aromatic ring is 1. The van der Waals surface area contributed by atoms with E-state index >= 15 is 0 Å². The molecule has 0 aliphatic carbocycles. The lowest BCUT2D eigenvalue weighted by molar-refractivity contribution is -0.384. The molecule has 0 radical (unpaired) electrons. The molecule has 0 saturated heterocycles. The SMILES string of the molecule is Nc1cn(-c2c(Cl)cc([N+](=O)[O-])cc2Cl)nn1. The molecular formula is C8H5Cl2N5O2. The van der Waals surface area contributed by atoms with Crippen molar-refractivity contribution in [2.45, 2.75) is 0 Å². The maximum atomic E-state index is 10.6. The summed E-state index contributed by atoms with van der Waals surface area (Å²) in [7, 11) is 0. The first kappa shape index (κ1) is 11.6. The fourth-order valence-corrected chi connectivity index (χ4v) is 1.91. The van der Waals surface area contributed by atoms with E-state index < -0.39 is 4.92 Å². The summed E-state index contributed by atoms with van der Waals surface area (Å²) in [6.07, 6.45) is 1.40. The molecule has 2 aromatic rings. The fraction of sp³-hybridized carbons (Fsp3) is 0. The standard InChI is InChI=1S/C8H5Cl2N5O2/c9-5-1-4(15(16)17)2-6(10)8(5)14-3-7(11)12-13-14/h1-3H,11H2. The Morgan fingerprint density at radius 1 is 1.35 bits per heavy atom. The summed E-state index contributed by atoms with van der Waals surface area (Å²) in [6, 6.07) is 2.36. The van der Waals surface area contributed by atoms with Gasteiger partial charge in [0, 0.05) is 12.1 Å². The highest BCUT2D eigenvalue weighted by Crippen LogP contribution is 2.32. The number of hydrogen-bond donors (Lipinski definition) is 1. The minimum Gasteiger partial charge on any atom is -0.381 e. The number of nitro benzene ring substituents is 1. The van der Waals surface area contributed by atoms with Crippen LogP contribution in [0.25, 0.3) is 5.69 Å². The second kappa shape index (κ2) is 4.19. The van der Waals surface area contributed by atoms with Crippen molar-refractivity contribution in [2.24, 2.45) is 0 Å². The van der Waals surface area contributed by atoms with Crippen molar-refractivity contribution in [1.82, 2.24) is 15.0 Å². The van der Waals surface area contributed by atoms with Crippen LogP contribution in [-0.4, -0.2) is 19.9 Å². The summed E-state index contributed by atoms with van der Waals surface area (Å²) in [4.78, 5) is 10.0. The monoisotopic (exact) mass is 273 g/mol. The molecule has 0 fully saturated rings. The number of halogens is 2. The minimum absolute atomic E-state index is 0.0918. The first-order valence-electron chi connectivity index (χ1n) is 4.30. The van der Waals surface area contributed by atoms with Crippen molar-refractivity contribution in [1.29, 1.82) is 0 Å². The van der Waals surface area contributed by atoms with Gasteiger partial charge in [0.2, 0.25) is 0 Å².